The molecular formula is C32H45N3O6. The third-order valence-corrected chi connectivity index (χ3v) is 7.14. The molecule has 0 aromatic heterocycles. The highest BCUT2D eigenvalue weighted by molar-refractivity contribution is 5.92. The Morgan fingerprint density at radius 3 is 2.27 bits per heavy atom. The summed E-state index contributed by atoms with van der Waals surface area (Å²) >= 11 is 0. The average Bonchev–Trinajstić information content (AvgIpc) is 2.91. The number of hydrogen-bond donors (Lipinski definition) is 4. The SMILES string of the molecule is CCCCN(C(=O)C(Cc1ccc(O)cc1)NC(=O)OC(C)(C)C)C(C(=O)NC1CCCCC1)c1ccccc1O. The number of ether oxygens (including phenoxy) is 1. The minimum absolute atomic E-state index is 0.000383. The van der Waals surface area contributed by atoms with Crippen LogP contribution in [0.4, 0.5) is 4.79 Å². The molecule has 224 valence electrons. The Labute approximate surface area is 243 Å². The number of carbonyl (C=O) groups excluding carboxylic acids is 3. The van der Waals surface area contributed by atoms with Gasteiger partial charge in [-0.15, -0.1) is 0 Å². The maximum atomic E-state index is 14.4. The summed E-state index contributed by atoms with van der Waals surface area (Å²) in [5, 5.41) is 26.4. The number of alkyl carbamates (subject to hydrolysis) is 1. The van der Waals surface area contributed by atoms with E-state index in [1.165, 1.54) is 23.1 Å². The first-order valence-corrected chi connectivity index (χ1v) is 14.6. The Bertz CT molecular complexity index is 1150. The standard InChI is InChI=1S/C32H45N3O6/c1-5-6-20-35(28(25-14-10-11-15-27(25)37)29(38)33-23-12-8-7-9-13-23)30(39)26(34-31(40)41-32(2,3)4)21-22-16-18-24(36)19-17-22/h10-11,14-19,23,26,28,36-37H,5-9,12-13,20-21H2,1-4H3,(H,33,38)(H,34,40). The molecule has 9 nitrogen and oxygen atoms in total. The molecule has 1 aliphatic rings. The van der Waals surface area contributed by atoms with Crippen LogP contribution in [-0.4, -0.2) is 57.3 Å². The van der Waals surface area contributed by atoms with Crippen molar-refractivity contribution in [1.82, 2.24) is 15.5 Å². The molecule has 2 aromatic rings. The highest BCUT2D eigenvalue weighted by atomic mass is 16.6. The zero-order valence-corrected chi connectivity index (χ0v) is 24.7. The van der Waals surface area contributed by atoms with E-state index in [-0.39, 0.29) is 36.4 Å². The second-order valence-electron chi connectivity index (χ2n) is 11.8. The lowest BCUT2D eigenvalue weighted by Gasteiger charge is -2.36. The van der Waals surface area contributed by atoms with Crippen LogP contribution in [0.2, 0.25) is 0 Å². The molecule has 1 aliphatic carbocycles. The Hall–Kier alpha value is -3.75. The van der Waals surface area contributed by atoms with Gasteiger partial charge in [-0.2, -0.15) is 0 Å². The van der Waals surface area contributed by atoms with E-state index in [0.29, 0.717) is 17.5 Å². The van der Waals surface area contributed by atoms with Gasteiger partial charge in [0.2, 0.25) is 11.8 Å². The number of amides is 3. The minimum atomic E-state index is -1.10. The summed E-state index contributed by atoms with van der Waals surface area (Å²) in [5.41, 5.74) is 0.250. The maximum absolute atomic E-state index is 14.4. The molecule has 0 bridgehead atoms. The predicted molar refractivity (Wildman–Crippen MR) is 157 cm³/mol. The van der Waals surface area contributed by atoms with E-state index in [4.69, 9.17) is 4.74 Å². The van der Waals surface area contributed by atoms with Gasteiger partial charge in [-0.05, 0) is 63.8 Å². The fourth-order valence-corrected chi connectivity index (χ4v) is 5.11. The predicted octanol–water partition coefficient (Wildman–Crippen LogP) is 5.35. The third-order valence-electron chi connectivity index (χ3n) is 7.14. The number of unbranched alkanes of at least 4 members (excludes halogenated alkanes) is 1. The minimum Gasteiger partial charge on any atom is -0.508 e. The molecule has 0 aliphatic heterocycles. The largest absolute Gasteiger partial charge is 0.508 e. The van der Waals surface area contributed by atoms with Crippen molar-refractivity contribution in [2.45, 2.75) is 103 Å². The van der Waals surface area contributed by atoms with Crippen LogP contribution in [0.5, 0.6) is 11.5 Å². The zero-order valence-electron chi connectivity index (χ0n) is 24.7. The summed E-state index contributed by atoms with van der Waals surface area (Å²) in [6.45, 7) is 7.45. The molecule has 9 heteroatoms. The van der Waals surface area contributed by atoms with E-state index in [9.17, 15) is 24.6 Å². The fourth-order valence-electron chi connectivity index (χ4n) is 5.11. The second-order valence-corrected chi connectivity index (χ2v) is 11.8. The Kier molecular flexibility index (Phi) is 11.4. The number of aromatic hydroxyl groups is 2. The van der Waals surface area contributed by atoms with Gasteiger partial charge < -0.3 is 30.5 Å². The van der Waals surface area contributed by atoms with Crippen molar-refractivity contribution >= 4 is 17.9 Å². The molecule has 0 spiro atoms. The molecule has 2 atom stereocenters. The molecule has 3 amide bonds. The molecule has 1 fully saturated rings. The van der Waals surface area contributed by atoms with Crippen LogP contribution in [0, 0.1) is 0 Å². The summed E-state index contributed by atoms with van der Waals surface area (Å²) in [7, 11) is 0. The molecule has 3 rings (SSSR count). The number of nitrogens with zero attached hydrogens (tertiary/aromatic N) is 1. The molecule has 0 radical (unpaired) electrons. The first-order valence-electron chi connectivity index (χ1n) is 14.6. The van der Waals surface area contributed by atoms with E-state index < -0.39 is 29.7 Å². The van der Waals surface area contributed by atoms with E-state index in [2.05, 4.69) is 10.6 Å². The molecular weight excluding hydrogens is 522 g/mol. The Morgan fingerprint density at radius 2 is 1.66 bits per heavy atom. The van der Waals surface area contributed by atoms with Crippen LogP contribution < -0.4 is 10.6 Å². The highest BCUT2D eigenvalue weighted by Gasteiger charge is 2.38. The highest BCUT2D eigenvalue weighted by Crippen LogP contribution is 2.31. The quantitative estimate of drug-likeness (QED) is 0.290. The number of phenolic OH excluding ortho intramolecular Hbond substituents is 2. The van der Waals surface area contributed by atoms with Gasteiger partial charge in [0.05, 0.1) is 0 Å². The van der Waals surface area contributed by atoms with Crippen LogP contribution in [0.25, 0.3) is 0 Å². The van der Waals surface area contributed by atoms with Gasteiger partial charge in [0, 0.05) is 24.6 Å². The number of para-hydroxylation sites is 1. The van der Waals surface area contributed by atoms with Crippen LogP contribution in [0.3, 0.4) is 0 Å². The van der Waals surface area contributed by atoms with E-state index >= 15 is 0 Å². The van der Waals surface area contributed by atoms with Crippen LogP contribution in [-0.2, 0) is 20.7 Å². The van der Waals surface area contributed by atoms with Crippen molar-refractivity contribution in [3.05, 3.63) is 59.7 Å². The summed E-state index contributed by atoms with van der Waals surface area (Å²) in [4.78, 5) is 42.7. The lowest BCUT2D eigenvalue weighted by Crippen LogP contribution is -2.54. The number of hydrogen-bond acceptors (Lipinski definition) is 6. The van der Waals surface area contributed by atoms with E-state index in [1.807, 2.05) is 6.92 Å². The molecule has 4 N–H and O–H groups in total. The third kappa shape index (κ3) is 9.69. The van der Waals surface area contributed by atoms with Crippen LogP contribution in [0.15, 0.2) is 48.5 Å². The van der Waals surface area contributed by atoms with E-state index in [0.717, 1.165) is 38.5 Å². The molecule has 0 saturated heterocycles. The molecule has 41 heavy (non-hydrogen) atoms. The van der Waals surface area contributed by atoms with Gasteiger partial charge in [-0.25, -0.2) is 4.79 Å². The molecule has 0 heterocycles. The van der Waals surface area contributed by atoms with Gasteiger partial charge >= 0.3 is 6.09 Å². The maximum Gasteiger partial charge on any atom is 0.408 e. The van der Waals surface area contributed by atoms with Gasteiger partial charge in [0.1, 0.15) is 29.2 Å². The number of carbonyl (C=O) groups is 3. The Morgan fingerprint density at radius 1 is 1.00 bits per heavy atom. The van der Waals surface area contributed by atoms with Gasteiger partial charge in [-0.3, -0.25) is 9.59 Å². The zero-order chi connectivity index (χ0) is 30.0. The van der Waals surface area contributed by atoms with E-state index in [1.54, 1.807) is 51.1 Å². The normalized spacial score (nSPS) is 15.4. The first-order chi connectivity index (χ1) is 19.5. The topological polar surface area (TPSA) is 128 Å². The van der Waals surface area contributed by atoms with Crippen molar-refractivity contribution in [2.24, 2.45) is 0 Å². The van der Waals surface area contributed by atoms with Crippen molar-refractivity contribution < 1.29 is 29.3 Å². The lowest BCUT2D eigenvalue weighted by atomic mass is 9.94. The number of benzene rings is 2. The Balaban J connectivity index is 2.01. The summed E-state index contributed by atoms with van der Waals surface area (Å²) < 4.78 is 5.47. The fraction of sp³-hybridized carbons (Fsp3) is 0.531. The molecule has 1 saturated carbocycles. The van der Waals surface area contributed by atoms with Gasteiger partial charge in [0.25, 0.3) is 0 Å². The van der Waals surface area contributed by atoms with Crippen molar-refractivity contribution in [3.8, 4) is 11.5 Å². The first kappa shape index (κ1) is 31.8. The second kappa shape index (κ2) is 14.8. The summed E-state index contributed by atoms with van der Waals surface area (Å²) in [6, 6.07) is 10.8. The van der Waals surface area contributed by atoms with Crippen molar-refractivity contribution in [3.63, 3.8) is 0 Å². The van der Waals surface area contributed by atoms with Gasteiger partial charge in [-0.1, -0.05) is 62.9 Å². The lowest BCUT2D eigenvalue weighted by molar-refractivity contribution is -0.143. The molecule has 2 unspecified atom stereocenters. The van der Waals surface area contributed by atoms with Crippen LogP contribution >= 0.6 is 0 Å². The number of rotatable bonds is 11. The number of phenols is 2. The summed E-state index contributed by atoms with van der Waals surface area (Å²) in [5.74, 6) is -0.825. The molecule has 2 aromatic carbocycles. The summed E-state index contributed by atoms with van der Waals surface area (Å²) in [6.07, 6.45) is 5.66. The van der Waals surface area contributed by atoms with Crippen molar-refractivity contribution in [1.29, 1.82) is 0 Å². The van der Waals surface area contributed by atoms with Crippen LogP contribution in [0.1, 0.15) is 89.8 Å². The van der Waals surface area contributed by atoms with Gasteiger partial charge in [0.15, 0.2) is 0 Å². The monoisotopic (exact) mass is 567 g/mol. The average molecular weight is 568 g/mol. The number of nitrogens with one attached hydrogen (secondary N) is 2. The van der Waals surface area contributed by atoms with Crippen molar-refractivity contribution in [2.75, 3.05) is 6.54 Å². The smallest absolute Gasteiger partial charge is 0.408 e.